The van der Waals surface area contributed by atoms with E-state index in [1.165, 1.54) is 25.9 Å². The number of piperidine rings is 1. The van der Waals surface area contributed by atoms with Crippen molar-refractivity contribution in [2.24, 2.45) is 0 Å². The minimum absolute atomic E-state index is 0.0166. The predicted molar refractivity (Wildman–Crippen MR) is 79.0 cm³/mol. The second kappa shape index (κ2) is 6.10. The Morgan fingerprint density at radius 3 is 2.55 bits per heavy atom. The standard InChI is InChI=1S/C15H20ClN3O/c16-14-3-6-17-11-13(14)15(20)19-9-4-12(5-10-19)18-7-1-2-8-18/h3,6,11-12H,1-2,4-5,7-10H2. The zero-order valence-corrected chi connectivity index (χ0v) is 12.4. The zero-order valence-electron chi connectivity index (χ0n) is 11.6. The Hall–Kier alpha value is -1.13. The van der Waals surface area contributed by atoms with Gasteiger partial charge in [0, 0.05) is 31.5 Å². The van der Waals surface area contributed by atoms with E-state index >= 15 is 0 Å². The second-order valence-electron chi connectivity index (χ2n) is 5.62. The van der Waals surface area contributed by atoms with Gasteiger partial charge in [0.15, 0.2) is 0 Å². The van der Waals surface area contributed by atoms with Gasteiger partial charge in [-0.1, -0.05) is 11.6 Å². The molecule has 2 aliphatic heterocycles. The number of nitrogens with zero attached hydrogens (tertiary/aromatic N) is 3. The Labute approximate surface area is 124 Å². The zero-order chi connectivity index (χ0) is 13.9. The maximum Gasteiger partial charge on any atom is 0.256 e. The van der Waals surface area contributed by atoms with Gasteiger partial charge in [-0.3, -0.25) is 9.78 Å². The van der Waals surface area contributed by atoms with Gasteiger partial charge in [0.1, 0.15) is 0 Å². The second-order valence-corrected chi connectivity index (χ2v) is 6.03. The third-order valence-corrected chi connectivity index (χ3v) is 4.74. The molecule has 0 aromatic carbocycles. The van der Waals surface area contributed by atoms with Gasteiger partial charge in [-0.05, 0) is 44.8 Å². The number of likely N-dealkylation sites (tertiary alicyclic amines) is 2. The van der Waals surface area contributed by atoms with E-state index in [1.807, 2.05) is 4.90 Å². The summed E-state index contributed by atoms with van der Waals surface area (Å²) in [6.07, 6.45) is 7.97. The molecule has 2 saturated heterocycles. The molecule has 0 N–H and O–H groups in total. The molecule has 3 rings (SSSR count). The van der Waals surface area contributed by atoms with Crippen molar-refractivity contribution in [1.82, 2.24) is 14.8 Å². The molecule has 108 valence electrons. The summed E-state index contributed by atoms with van der Waals surface area (Å²) in [7, 11) is 0. The molecule has 1 amide bonds. The molecular weight excluding hydrogens is 274 g/mol. The van der Waals surface area contributed by atoms with Crippen LogP contribution < -0.4 is 0 Å². The van der Waals surface area contributed by atoms with Crippen molar-refractivity contribution in [2.75, 3.05) is 26.2 Å². The summed E-state index contributed by atoms with van der Waals surface area (Å²) in [5, 5.41) is 0.492. The molecule has 3 heterocycles. The smallest absolute Gasteiger partial charge is 0.256 e. The van der Waals surface area contributed by atoms with Gasteiger partial charge in [-0.2, -0.15) is 0 Å². The largest absolute Gasteiger partial charge is 0.338 e. The van der Waals surface area contributed by atoms with Crippen LogP contribution in [0.4, 0.5) is 0 Å². The first-order chi connectivity index (χ1) is 9.75. The lowest BCUT2D eigenvalue weighted by Gasteiger charge is -2.36. The predicted octanol–water partition coefficient (Wildman–Crippen LogP) is 2.44. The van der Waals surface area contributed by atoms with Gasteiger partial charge in [0.05, 0.1) is 10.6 Å². The molecule has 0 aliphatic carbocycles. The van der Waals surface area contributed by atoms with E-state index in [1.54, 1.807) is 18.5 Å². The minimum atomic E-state index is 0.0166. The molecule has 2 fully saturated rings. The summed E-state index contributed by atoms with van der Waals surface area (Å²) >= 11 is 6.07. The molecule has 0 saturated carbocycles. The fraction of sp³-hybridized carbons (Fsp3) is 0.600. The highest BCUT2D eigenvalue weighted by Crippen LogP contribution is 2.23. The molecule has 0 spiro atoms. The SMILES string of the molecule is O=C(c1cnccc1Cl)N1CCC(N2CCCC2)CC1. The highest BCUT2D eigenvalue weighted by molar-refractivity contribution is 6.33. The highest BCUT2D eigenvalue weighted by atomic mass is 35.5. The van der Waals surface area contributed by atoms with Crippen LogP contribution in [0.15, 0.2) is 18.5 Å². The average molecular weight is 294 g/mol. The number of aromatic nitrogens is 1. The molecule has 1 aromatic heterocycles. The molecule has 1 aromatic rings. The molecule has 0 unspecified atom stereocenters. The number of carbonyl (C=O) groups excluding carboxylic acids is 1. The van der Waals surface area contributed by atoms with Crippen molar-refractivity contribution >= 4 is 17.5 Å². The fourth-order valence-electron chi connectivity index (χ4n) is 3.25. The van der Waals surface area contributed by atoms with Crippen LogP contribution in [0.25, 0.3) is 0 Å². The highest BCUT2D eigenvalue weighted by Gasteiger charge is 2.29. The lowest BCUT2D eigenvalue weighted by molar-refractivity contribution is 0.0644. The molecule has 0 atom stereocenters. The van der Waals surface area contributed by atoms with Gasteiger partial charge in [0.2, 0.25) is 0 Å². The number of hydrogen-bond donors (Lipinski definition) is 0. The molecule has 20 heavy (non-hydrogen) atoms. The summed E-state index contributed by atoms with van der Waals surface area (Å²) in [5.41, 5.74) is 0.522. The average Bonchev–Trinajstić information content (AvgIpc) is 3.01. The van der Waals surface area contributed by atoms with Crippen LogP contribution in [0.3, 0.4) is 0 Å². The van der Waals surface area contributed by atoms with Gasteiger partial charge >= 0.3 is 0 Å². The molecule has 2 aliphatic rings. The Kier molecular flexibility index (Phi) is 4.22. The van der Waals surface area contributed by atoms with E-state index in [0.717, 1.165) is 25.9 Å². The summed E-state index contributed by atoms with van der Waals surface area (Å²) in [6, 6.07) is 2.33. The number of rotatable bonds is 2. The minimum Gasteiger partial charge on any atom is -0.338 e. The fourth-order valence-corrected chi connectivity index (χ4v) is 3.43. The van der Waals surface area contributed by atoms with E-state index in [4.69, 9.17) is 11.6 Å². The van der Waals surface area contributed by atoms with E-state index in [2.05, 4.69) is 9.88 Å². The van der Waals surface area contributed by atoms with Crippen molar-refractivity contribution in [3.63, 3.8) is 0 Å². The van der Waals surface area contributed by atoms with E-state index in [0.29, 0.717) is 16.6 Å². The maximum atomic E-state index is 12.4. The number of halogens is 1. The quantitative estimate of drug-likeness (QED) is 0.840. The summed E-state index contributed by atoms with van der Waals surface area (Å²) in [4.78, 5) is 20.9. The van der Waals surface area contributed by atoms with Crippen LogP contribution in [0, 0.1) is 0 Å². The van der Waals surface area contributed by atoms with Crippen molar-refractivity contribution in [3.8, 4) is 0 Å². The topological polar surface area (TPSA) is 36.4 Å². The van der Waals surface area contributed by atoms with Crippen LogP contribution in [0.1, 0.15) is 36.0 Å². The van der Waals surface area contributed by atoms with Gasteiger partial charge in [0.25, 0.3) is 5.91 Å². The summed E-state index contributed by atoms with van der Waals surface area (Å²) in [5.74, 6) is 0.0166. The first-order valence-corrected chi connectivity index (χ1v) is 7.76. The first kappa shape index (κ1) is 13.8. The molecule has 5 heteroatoms. The Balaban J connectivity index is 1.60. The van der Waals surface area contributed by atoms with Crippen molar-refractivity contribution in [3.05, 3.63) is 29.0 Å². The van der Waals surface area contributed by atoms with Crippen LogP contribution in [-0.4, -0.2) is 52.9 Å². The summed E-state index contributed by atoms with van der Waals surface area (Å²) < 4.78 is 0. The lowest BCUT2D eigenvalue weighted by atomic mass is 10.0. The van der Waals surface area contributed by atoms with E-state index in [-0.39, 0.29) is 5.91 Å². The van der Waals surface area contributed by atoms with Crippen LogP contribution in [-0.2, 0) is 0 Å². The summed E-state index contributed by atoms with van der Waals surface area (Å²) in [6.45, 7) is 4.11. The molecule has 4 nitrogen and oxygen atoms in total. The third kappa shape index (κ3) is 2.81. The molecule has 0 bridgehead atoms. The monoisotopic (exact) mass is 293 g/mol. The first-order valence-electron chi connectivity index (χ1n) is 7.38. The molecule has 0 radical (unpaired) electrons. The lowest BCUT2D eigenvalue weighted by Crippen LogP contribution is -2.46. The number of hydrogen-bond acceptors (Lipinski definition) is 3. The Morgan fingerprint density at radius 2 is 1.90 bits per heavy atom. The van der Waals surface area contributed by atoms with Crippen LogP contribution in [0.5, 0.6) is 0 Å². The van der Waals surface area contributed by atoms with Crippen LogP contribution in [0.2, 0.25) is 5.02 Å². The number of amides is 1. The number of pyridine rings is 1. The third-order valence-electron chi connectivity index (χ3n) is 4.41. The maximum absolute atomic E-state index is 12.4. The van der Waals surface area contributed by atoms with E-state index in [9.17, 15) is 4.79 Å². The molecular formula is C15H20ClN3O. The van der Waals surface area contributed by atoms with Gasteiger partial charge < -0.3 is 9.80 Å². The Bertz CT molecular complexity index is 480. The van der Waals surface area contributed by atoms with E-state index < -0.39 is 0 Å². The normalized spacial score (nSPS) is 21.4. The van der Waals surface area contributed by atoms with Crippen molar-refractivity contribution in [2.45, 2.75) is 31.7 Å². The van der Waals surface area contributed by atoms with Crippen molar-refractivity contribution < 1.29 is 4.79 Å². The van der Waals surface area contributed by atoms with Gasteiger partial charge in [-0.25, -0.2) is 0 Å². The Morgan fingerprint density at radius 1 is 1.20 bits per heavy atom. The number of carbonyl (C=O) groups is 1. The van der Waals surface area contributed by atoms with Crippen molar-refractivity contribution in [1.29, 1.82) is 0 Å². The van der Waals surface area contributed by atoms with Gasteiger partial charge in [-0.15, -0.1) is 0 Å². The van der Waals surface area contributed by atoms with Crippen LogP contribution >= 0.6 is 11.6 Å².